The fraction of sp³-hybridized carbons (Fsp3) is 0.357. The van der Waals surface area contributed by atoms with E-state index in [1.165, 1.54) is 0 Å². The van der Waals surface area contributed by atoms with Crippen LogP contribution < -0.4 is 10.5 Å². The monoisotopic (exact) mass is 308 g/mol. The minimum absolute atomic E-state index is 0.0611. The topological polar surface area (TPSA) is 93.9 Å². The lowest BCUT2D eigenvalue weighted by atomic mass is 10.1. The summed E-state index contributed by atoms with van der Waals surface area (Å²) in [6.07, 6.45) is 0.920. The third-order valence-corrected chi connectivity index (χ3v) is 3.17. The molecule has 0 aliphatic carbocycles. The fourth-order valence-electron chi connectivity index (χ4n) is 1.81. The largest absolute Gasteiger partial charge is 0.493 e. The Labute approximate surface area is 127 Å². The van der Waals surface area contributed by atoms with Gasteiger partial charge in [-0.05, 0) is 30.5 Å². The van der Waals surface area contributed by atoms with Gasteiger partial charge >= 0.3 is 0 Å². The summed E-state index contributed by atoms with van der Waals surface area (Å²) in [6, 6.07) is 5.15. The van der Waals surface area contributed by atoms with Crippen LogP contribution >= 0.6 is 11.6 Å². The van der Waals surface area contributed by atoms with E-state index in [0.717, 1.165) is 6.42 Å². The van der Waals surface area contributed by atoms with Crippen molar-refractivity contribution in [2.24, 2.45) is 11.7 Å². The predicted molar refractivity (Wildman–Crippen MR) is 80.3 cm³/mol. The van der Waals surface area contributed by atoms with Crippen molar-refractivity contribution < 1.29 is 9.53 Å². The van der Waals surface area contributed by atoms with Crippen LogP contribution in [0.1, 0.15) is 30.8 Å². The number of nitrogens with two attached hydrogens (primary N) is 1. The quantitative estimate of drug-likeness (QED) is 0.857. The number of benzene rings is 1. The zero-order valence-electron chi connectivity index (χ0n) is 11.9. The van der Waals surface area contributed by atoms with Crippen molar-refractivity contribution in [1.29, 1.82) is 0 Å². The lowest BCUT2D eigenvalue weighted by Crippen LogP contribution is -2.13. The van der Waals surface area contributed by atoms with Crippen LogP contribution in [0.2, 0.25) is 5.02 Å². The Bertz CT molecular complexity index is 640. The van der Waals surface area contributed by atoms with Crippen molar-refractivity contribution in [3.63, 3.8) is 0 Å². The van der Waals surface area contributed by atoms with Crippen LogP contribution in [0, 0.1) is 5.92 Å². The molecule has 2 rings (SSSR count). The summed E-state index contributed by atoms with van der Waals surface area (Å²) >= 11 is 6.02. The van der Waals surface area contributed by atoms with Crippen molar-refractivity contribution in [1.82, 2.24) is 15.4 Å². The molecule has 0 radical (unpaired) electrons. The Morgan fingerprint density at radius 3 is 2.86 bits per heavy atom. The average molecular weight is 309 g/mol. The first-order valence-electron chi connectivity index (χ1n) is 6.62. The van der Waals surface area contributed by atoms with Gasteiger partial charge in [0.1, 0.15) is 11.4 Å². The number of hydrogen-bond acceptors (Lipinski definition) is 4. The molecule has 0 unspecified atom stereocenters. The zero-order valence-corrected chi connectivity index (χ0v) is 12.6. The second-order valence-corrected chi connectivity index (χ2v) is 5.49. The van der Waals surface area contributed by atoms with E-state index in [1.807, 2.05) is 0 Å². The van der Waals surface area contributed by atoms with E-state index in [0.29, 0.717) is 34.6 Å². The van der Waals surface area contributed by atoms with Gasteiger partial charge in [0, 0.05) is 10.6 Å². The van der Waals surface area contributed by atoms with Gasteiger partial charge in [-0.2, -0.15) is 15.4 Å². The smallest absolute Gasteiger partial charge is 0.271 e. The number of ether oxygens (including phenoxy) is 1. The van der Waals surface area contributed by atoms with Gasteiger partial charge in [-0.1, -0.05) is 25.4 Å². The van der Waals surface area contributed by atoms with Crippen molar-refractivity contribution in [3.8, 4) is 17.0 Å². The molecule has 0 spiro atoms. The maximum atomic E-state index is 11.4. The van der Waals surface area contributed by atoms with E-state index in [4.69, 9.17) is 22.1 Å². The molecule has 0 bridgehead atoms. The number of nitrogens with one attached hydrogen (secondary N) is 1. The van der Waals surface area contributed by atoms with Gasteiger partial charge in [-0.15, -0.1) is 0 Å². The molecule has 7 heteroatoms. The van der Waals surface area contributed by atoms with E-state index in [2.05, 4.69) is 29.3 Å². The second-order valence-electron chi connectivity index (χ2n) is 5.06. The molecule has 3 N–H and O–H groups in total. The summed E-state index contributed by atoms with van der Waals surface area (Å²) in [4.78, 5) is 11.4. The third-order valence-electron chi connectivity index (χ3n) is 2.93. The number of carbonyl (C=O) groups is 1. The van der Waals surface area contributed by atoms with Crippen LogP contribution in [0.5, 0.6) is 5.75 Å². The highest BCUT2D eigenvalue weighted by atomic mass is 35.5. The molecule has 21 heavy (non-hydrogen) atoms. The average Bonchev–Trinajstić information content (AvgIpc) is 2.89. The summed E-state index contributed by atoms with van der Waals surface area (Å²) in [5, 5.41) is 10.7. The number of nitrogens with zero attached hydrogens (tertiary/aromatic N) is 2. The van der Waals surface area contributed by atoms with Crippen molar-refractivity contribution in [3.05, 3.63) is 28.9 Å². The molecule has 1 aromatic carbocycles. The number of aromatic nitrogens is 3. The number of aromatic amines is 1. The van der Waals surface area contributed by atoms with E-state index in [1.54, 1.807) is 18.2 Å². The predicted octanol–water partition coefficient (Wildman–Crippen LogP) is 2.65. The van der Waals surface area contributed by atoms with Gasteiger partial charge in [-0.25, -0.2) is 0 Å². The van der Waals surface area contributed by atoms with Crippen molar-refractivity contribution in [2.45, 2.75) is 20.3 Å². The highest BCUT2D eigenvalue weighted by Gasteiger charge is 2.19. The maximum absolute atomic E-state index is 11.4. The fourth-order valence-corrected chi connectivity index (χ4v) is 1.98. The number of hydrogen-bond donors (Lipinski definition) is 2. The van der Waals surface area contributed by atoms with Gasteiger partial charge in [0.25, 0.3) is 5.91 Å². The number of halogens is 1. The summed E-state index contributed by atoms with van der Waals surface area (Å²) < 4.78 is 5.77. The molecule has 0 saturated carbocycles. The molecule has 1 heterocycles. The first-order valence-corrected chi connectivity index (χ1v) is 7.00. The minimum atomic E-state index is -0.660. The van der Waals surface area contributed by atoms with Crippen LogP contribution in [0.15, 0.2) is 18.2 Å². The molecule has 112 valence electrons. The van der Waals surface area contributed by atoms with E-state index in [-0.39, 0.29) is 5.69 Å². The van der Waals surface area contributed by atoms with Gasteiger partial charge in [0.05, 0.1) is 6.61 Å². The van der Waals surface area contributed by atoms with Crippen molar-refractivity contribution in [2.75, 3.05) is 6.61 Å². The van der Waals surface area contributed by atoms with E-state index < -0.39 is 5.91 Å². The minimum Gasteiger partial charge on any atom is -0.493 e. The third kappa shape index (κ3) is 3.72. The lowest BCUT2D eigenvalue weighted by Gasteiger charge is -2.12. The van der Waals surface area contributed by atoms with Gasteiger partial charge in [-0.3, -0.25) is 4.79 Å². The highest BCUT2D eigenvalue weighted by molar-refractivity contribution is 6.31. The van der Waals surface area contributed by atoms with Crippen LogP contribution in [-0.4, -0.2) is 27.9 Å². The Morgan fingerprint density at radius 2 is 2.19 bits per heavy atom. The second kappa shape index (κ2) is 6.58. The molecule has 0 fully saturated rings. The normalized spacial score (nSPS) is 10.9. The molecular formula is C14H17ClN4O2. The first-order chi connectivity index (χ1) is 9.99. The number of H-pyrrole nitrogens is 1. The molecule has 0 saturated heterocycles. The summed E-state index contributed by atoms with van der Waals surface area (Å²) in [5.41, 5.74) is 6.28. The van der Waals surface area contributed by atoms with E-state index in [9.17, 15) is 4.79 Å². The molecule has 2 aromatic rings. The highest BCUT2D eigenvalue weighted by Crippen LogP contribution is 2.32. The Balaban J connectivity index is 2.35. The molecule has 0 atom stereocenters. The van der Waals surface area contributed by atoms with Gasteiger partial charge < -0.3 is 10.5 Å². The Kier molecular flexibility index (Phi) is 4.80. The first kappa shape index (κ1) is 15.3. The standard InChI is InChI=1S/C14H17ClN4O2/c1-8(2)5-6-21-11-4-3-9(15)7-10(11)12-13(14(16)20)18-19-17-12/h3-4,7-8H,5-6H2,1-2H3,(H2,16,20)(H,17,18,19). The lowest BCUT2D eigenvalue weighted by molar-refractivity contribution is 0.0996. The Hall–Kier alpha value is -2.08. The summed E-state index contributed by atoms with van der Waals surface area (Å²) in [5.74, 6) is 0.470. The molecule has 1 aromatic heterocycles. The number of amides is 1. The Morgan fingerprint density at radius 1 is 1.43 bits per heavy atom. The van der Waals surface area contributed by atoms with E-state index >= 15 is 0 Å². The number of carbonyl (C=O) groups excluding carboxylic acids is 1. The summed E-state index contributed by atoms with van der Waals surface area (Å²) in [6.45, 7) is 4.81. The molecule has 0 aliphatic heterocycles. The summed E-state index contributed by atoms with van der Waals surface area (Å²) in [7, 11) is 0. The maximum Gasteiger partial charge on any atom is 0.271 e. The van der Waals surface area contributed by atoms with Gasteiger partial charge in [0.15, 0.2) is 5.69 Å². The SMILES string of the molecule is CC(C)CCOc1ccc(Cl)cc1-c1n[nH]nc1C(N)=O. The van der Waals surface area contributed by atoms with Crippen LogP contribution in [0.3, 0.4) is 0 Å². The number of rotatable bonds is 6. The number of primary amides is 1. The van der Waals surface area contributed by atoms with Crippen LogP contribution in [-0.2, 0) is 0 Å². The molecule has 0 aliphatic rings. The molecular weight excluding hydrogens is 292 g/mol. The van der Waals surface area contributed by atoms with Gasteiger partial charge in [0.2, 0.25) is 0 Å². The zero-order chi connectivity index (χ0) is 15.4. The van der Waals surface area contributed by atoms with Crippen LogP contribution in [0.4, 0.5) is 0 Å². The van der Waals surface area contributed by atoms with Crippen molar-refractivity contribution >= 4 is 17.5 Å². The van der Waals surface area contributed by atoms with Crippen LogP contribution in [0.25, 0.3) is 11.3 Å². The molecule has 1 amide bonds. The molecule has 6 nitrogen and oxygen atoms in total.